The maximum Gasteiger partial charge on any atom is 0.230 e. The van der Waals surface area contributed by atoms with Gasteiger partial charge < -0.3 is 14.4 Å². The van der Waals surface area contributed by atoms with Crippen molar-refractivity contribution >= 4 is 22.0 Å². The molecule has 0 radical (unpaired) electrons. The molecule has 5 aromatic rings. The molecular formula is C26H25N5O2S. The average Bonchev–Trinajstić information content (AvgIpc) is 3.61. The van der Waals surface area contributed by atoms with Crippen LogP contribution < -0.4 is 4.90 Å². The molecule has 0 bridgehead atoms. The third kappa shape index (κ3) is 3.74. The molecule has 1 aliphatic heterocycles. The molecule has 1 fully saturated rings. The first kappa shape index (κ1) is 20.9. The molecular weight excluding hydrogens is 446 g/mol. The van der Waals surface area contributed by atoms with Crippen LogP contribution in [0.15, 0.2) is 77.4 Å². The molecule has 7 nitrogen and oxygen atoms in total. The second-order valence-corrected chi connectivity index (χ2v) is 9.58. The van der Waals surface area contributed by atoms with Gasteiger partial charge in [0.2, 0.25) is 16.7 Å². The molecule has 1 saturated heterocycles. The van der Waals surface area contributed by atoms with Crippen molar-refractivity contribution in [3.8, 4) is 17.5 Å². The molecule has 1 aliphatic rings. The summed E-state index contributed by atoms with van der Waals surface area (Å²) in [7, 11) is 0. The summed E-state index contributed by atoms with van der Waals surface area (Å²) in [5, 5.41) is 15.8. The van der Waals surface area contributed by atoms with Crippen LogP contribution in [0, 0.1) is 6.92 Å². The van der Waals surface area contributed by atoms with E-state index in [0.29, 0.717) is 16.5 Å². The van der Waals surface area contributed by atoms with Crippen molar-refractivity contribution in [3.63, 3.8) is 0 Å². The van der Waals surface area contributed by atoms with Crippen LogP contribution in [0.5, 0.6) is 5.88 Å². The van der Waals surface area contributed by atoms with E-state index in [1.165, 1.54) is 27.1 Å². The van der Waals surface area contributed by atoms with Gasteiger partial charge in [-0.25, -0.2) is 0 Å². The highest BCUT2D eigenvalue weighted by molar-refractivity contribution is 7.17. The van der Waals surface area contributed by atoms with Crippen molar-refractivity contribution in [2.24, 2.45) is 0 Å². The summed E-state index contributed by atoms with van der Waals surface area (Å²) in [4.78, 5) is 11.0. The van der Waals surface area contributed by atoms with Crippen LogP contribution in [-0.4, -0.2) is 50.8 Å². The van der Waals surface area contributed by atoms with E-state index >= 15 is 0 Å². The van der Waals surface area contributed by atoms with E-state index in [1.807, 2.05) is 6.07 Å². The van der Waals surface area contributed by atoms with Crippen molar-refractivity contribution in [1.29, 1.82) is 0 Å². The van der Waals surface area contributed by atoms with E-state index in [1.54, 1.807) is 12.3 Å². The number of furan rings is 1. The monoisotopic (exact) mass is 471 g/mol. The number of aryl methyl sites for hydroxylation is 1. The highest BCUT2D eigenvalue weighted by atomic mass is 32.1. The number of hydrogen-bond acceptors (Lipinski definition) is 7. The maximum absolute atomic E-state index is 11.3. The van der Waals surface area contributed by atoms with Crippen LogP contribution in [0.2, 0.25) is 0 Å². The van der Waals surface area contributed by atoms with Gasteiger partial charge in [-0.2, -0.15) is 9.50 Å². The first-order chi connectivity index (χ1) is 16.7. The fraction of sp³-hybridized carbons (Fsp3) is 0.231. The van der Waals surface area contributed by atoms with Crippen LogP contribution >= 0.6 is 11.3 Å². The number of anilines is 1. The van der Waals surface area contributed by atoms with E-state index in [2.05, 4.69) is 81.4 Å². The highest BCUT2D eigenvalue weighted by Gasteiger charge is 2.32. The summed E-state index contributed by atoms with van der Waals surface area (Å²) in [6.07, 6.45) is 1.60. The Kier molecular flexibility index (Phi) is 5.31. The zero-order valence-corrected chi connectivity index (χ0v) is 19.7. The van der Waals surface area contributed by atoms with Crippen molar-refractivity contribution in [2.45, 2.75) is 13.0 Å². The quantitative estimate of drug-likeness (QED) is 0.390. The highest BCUT2D eigenvalue weighted by Crippen LogP contribution is 2.41. The molecule has 34 heavy (non-hydrogen) atoms. The van der Waals surface area contributed by atoms with E-state index in [4.69, 9.17) is 4.42 Å². The molecule has 1 N–H and O–H groups in total. The number of para-hydroxylation sites is 1. The fourth-order valence-electron chi connectivity index (χ4n) is 4.59. The topological polar surface area (TPSA) is 70.0 Å². The van der Waals surface area contributed by atoms with Crippen molar-refractivity contribution in [2.75, 3.05) is 31.1 Å². The Hall–Kier alpha value is -3.62. The number of benzene rings is 2. The first-order valence-electron chi connectivity index (χ1n) is 11.4. The Bertz CT molecular complexity index is 1380. The number of piperazine rings is 1. The average molecular weight is 472 g/mol. The molecule has 6 rings (SSSR count). The fourth-order valence-corrected chi connectivity index (χ4v) is 5.71. The van der Waals surface area contributed by atoms with Crippen LogP contribution in [0.25, 0.3) is 16.5 Å². The number of thiazole rings is 1. The molecule has 0 aliphatic carbocycles. The van der Waals surface area contributed by atoms with E-state index in [0.717, 1.165) is 36.6 Å². The molecule has 1 atom stereocenters. The molecule has 1 unspecified atom stereocenters. The minimum Gasteiger partial charge on any atom is -0.492 e. The largest absolute Gasteiger partial charge is 0.492 e. The third-order valence-corrected chi connectivity index (χ3v) is 7.46. The summed E-state index contributed by atoms with van der Waals surface area (Å²) in [5.74, 6) is 1.20. The predicted molar refractivity (Wildman–Crippen MR) is 133 cm³/mol. The van der Waals surface area contributed by atoms with Gasteiger partial charge in [0.1, 0.15) is 0 Å². The lowest BCUT2D eigenvalue weighted by molar-refractivity contribution is 0.211. The van der Waals surface area contributed by atoms with Gasteiger partial charge in [-0.3, -0.25) is 4.90 Å². The minimum absolute atomic E-state index is 0.0703. The van der Waals surface area contributed by atoms with Gasteiger partial charge in [-0.1, -0.05) is 59.4 Å². The van der Waals surface area contributed by atoms with E-state index in [-0.39, 0.29) is 11.9 Å². The van der Waals surface area contributed by atoms with Gasteiger partial charge in [0, 0.05) is 31.9 Å². The molecule has 4 heterocycles. The Morgan fingerprint density at radius 1 is 0.941 bits per heavy atom. The minimum atomic E-state index is -0.0703. The summed E-state index contributed by atoms with van der Waals surface area (Å²) in [6, 6.07) is 22.7. The number of aromatic nitrogens is 3. The number of hydrogen-bond donors (Lipinski definition) is 1. The van der Waals surface area contributed by atoms with Gasteiger partial charge in [0.05, 0.1) is 17.2 Å². The molecule has 8 heteroatoms. The van der Waals surface area contributed by atoms with E-state index in [9.17, 15) is 5.11 Å². The van der Waals surface area contributed by atoms with Crippen LogP contribution in [0.3, 0.4) is 0 Å². The van der Waals surface area contributed by atoms with E-state index < -0.39 is 0 Å². The smallest absolute Gasteiger partial charge is 0.230 e. The van der Waals surface area contributed by atoms with Gasteiger partial charge >= 0.3 is 0 Å². The van der Waals surface area contributed by atoms with Gasteiger partial charge in [0.25, 0.3) is 0 Å². The van der Waals surface area contributed by atoms with Gasteiger partial charge in [-0.15, -0.1) is 5.10 Å². The van der Waals surface area contributed by atoms with Gasteiger partial charge in [0.15, 0.2) is 5.76 Å². The SMILES string of the molecule is Cc1ccc(C(c2sc3nc(-c4ccco4)nn3c2O)N2CCN(c3ccccc3)CC2)cc1. The second kappa shape index (κ2) is 8.62. The van der Waals surface area contributed by atoms with Crippen LogP contribution in [0.1, 0.15) is 22.0 Å². The van der Waals surface area contributed by atoms with Crippen molar-refractivity contribution < 1.29 is 9.52 Å². The molecule has 2 aromatic carbocycles. The molecule has 0 spiro atoms. The van der Waals surface area contributed by atoms with Crippen LogP contribution in [-0.2, 0) is 0 Å². The molecule has 0 amide bonds. The molecule has 3 aromatic heterocycles. The maximum atomic E-state index is 11.3. The Balaban J connectivity index is 1.34. The lowest BCUT2D eigenvalue weighted by Gasteiger charge is -2.40. The molecule has 0 saturated carbocycles. The number of rotatable bonds is 5. The first-order valence-corrected chi connectivity index (χ1v) is 12.2. The standard InChI is InChI=1S/C26H25N5O2S/c1-18-9-11-19(12-10-18)22(30-15-13-29(14-16-30)20-6-3-2-4-7-20)23-25(32)31-26(34-23)27-24(28-31)21-8-5-17-33-21/h2-12,17,22,32H,13-16H2,1H3. The van der Waals surface area contributed by atoms with Crippen LogP contribution in [0.4, 0.5) is 5.69 Å². The third-order valence-electron chi connectivity index (χ3n) is 6.38. The van der Waals surface area contributed by atoms with Gasteiger partial charge in [-0.05, 0) is 36.8 Å². The Morgan fingerprint density at radius 2 is 1.71 bits per heavy atom. The lowest BCUT2D eigenvalue weighted by atomic mass is 10.0. The Labute approximate surface area is 201 Å². The Morgan fingerprint density at radius 3 is 2.38 bits per heavy atom. The second-order valence-electron chi connectivity index (χ2n) is 8.57. The van der Waals surface area contributed by atoms with Crippen molar-refractivity contribution in [1.82, 2.24) is 19.5 Å². The number of fused-ring (bicyclic) bond motifs is 1. The summed E-state index contributed by atoms with van der Waals surface area (Å²) in [5.41, 5.74) is 3.62. The lowest BCUT2D eigenvalue weighted by Crippen LogP contribution is -2.47. The zero-order valence-electron chi connectivity index (χ0n) is 18.8. The number of aromatic hydroxyl groups is 1. The molecule has 172 valence electrons. The summed E-state index contributed by atoms with van der Waals surface area (Å²) >= 11 is 1.48. The summed E-state index contributed by atoms with van der Waals surface area (Å²) in [6.45, 7) is 5.72. The zero-order chi connectivity index (χ0) is 23.1. The number of nitrogens with zero attached hydrogens (tertiary/aromatic N) is 5. The normalized spacial score (nSPS) is 15.7. The summed E-state index contributed by atoms with van der Waals surface area (Å²) < 4.78 is 6.96. The predicted octanol–water partition coefficient (Wildman–Crippen LogP) is 4.98. The van der Waals surface area contributed by atoms with Crippen molar-refractivity contribution in [3.05, 3.63) is 89.0 Å².